The summed E-state index contributed by atoms with van der Waals surface area (Å²) in [4.78, 5) is 23.9. The second-order valence-corrected chi connectivity index (χ2v) is 7.19. The maximum atomic E-state index is 12.1. The molecule has 1 aromatic heterocycles. The molecule has 0 spiro atoms. The van der Waals surface area contributed by atoms with Crippen molar-refractivity contribution < 1.29 is 19.4 Å². The maximum Gasteiger partial charge on any atom is 0.408 e. The molecule has 6 nitrogen and oxygen atoms in total. The summed E-state index contributed by atoms with van der Waals surface area (Å²) in [7, 11) is 1.93. The third-order valence-electron chi connectivity index (χ3n) is 4.11. The molecule has 0 aliphatic heterocycles. The molecule has 25 heavy (non-hydrogen) atoms. The fourth-order valence-electron chi connectivity index (χ4n) is 3.07. The van der Waals surface area contributed by atoms with Gasteiger partial charge in [0.2, 0.25) is 0 Å². The molecule has 0 bridgehead atoms. The van der Waals surface area contributed by atoms with Gasteiger partial charge < -0.3 is 19.7 Å². The first-order valence-electron chi connectivity index (χ1n) is 8.40. The molecule has 2 aromatic rings. The minimum atomic E-state index is -1.08. The van der Waals surface area contributed by atoms with E-state index in [0.717, 1.165) is 16.5 Å². The van der Waals surface area contributed by atoms with Gasteiger partial charge in [-0.1, -0.05) is 25.1 Å². The lowest BCUT2D eigenvalue weighted by Crippen LogP contribution is -2.46. The number of hydrogen-bond donors (Lipinski definition) is 2. The van der Waals surface area contributed by atoms with Crippen molar-refractivity contribution >= 4 is 23.0 Å². The SMILES string of the molecule is CC[C@H](c1cn(C)c2ccccc12)[C@@H](NC(=O)OC(C)(C)C)C(=O)O. The lowest BCUT2D eigenvalue weighted by atomic mass is 9.89. The molecule has 0 saturated carbocycles. The van der Waals surface area contributed by atoms with Crippen molar-refractivity contribution in [2.45, 2.75) is 51.7 Å². The fraction of sp³-hybridized carbons (Fsp3) is 0.474. The van der Waals surface area contributed by atoms with E-state index in [1.54, 1.807) is 20.8 Å². The van der Waals surface area contributed by atoms with Crippen molar-refractivity contribution in [1.29, 1.82) is 0 Å². The number of aliphatic carboxylic acids is 1. The number of nitrogens with one attached hydrogen (secondary N) is 1. The summed E-state index contributed by atoms with van der Waals surface area (Å²) in [5.74, 6) is -1.44. The summed E-state index contributed by atoms with van der Waals surface area (Å²) in [6.45, 7) is 7.14. The molecule has 136 valence electrons. The topological polar surface area (TPSA) is 80.6 Å². The van der Waals surface area contributed by atoms with Crippen LogP contribution in [0.4, 0.5) is 4.79 Å². The molecule has 2 rings (SSSR count). The Labute approximate surface area is 147 Å². The van der Waals surface area contributed by atoms with E-state index in [9.17, 15) is 14.7 Å². The average Bonchev–Trinajstić information content (AvgIpc) is 2.83. The summed E-state index contributed by atoms with van der Waals surface area (Å²) in [6.07, 6.45) is 1.78. The van der Waals surface area contributed by atoms with Gasteiger partial charge in [0.25, 0.3) is 0 Å². The first-order valence-corrected chi connectivity index (χ1v) is 8.40. The van der Waals surface area contributed by atoms with Crippen LogP contribution >= 0.6 is 0 Å². The second-order valence-electron chi connectivity index (χ2n) is 7.19. The molecule has 0 radical (unpaired) electrons. The molecule has 1 amide bonds. The van der Waals surface area contributed by atoms with Crippen LogP contribution in [0.1, 0.15) is 45.6 Å². The standard InChI is InChI=1S/C19H26N2O4/c1-6-12(14-11-21(5)15-10-8-7-9-13(14)15)16(17(22)23)20-18(24)25-19(2,3)4/h7-12,16H,6H2,1-5H3,(H,20,24)(H,22,23)/t12-,16-/m1/s1. The predicted octanol–water partition coefficient (Wildman–Crippen LogP) is 3.65. The summed E-state index contributed by atoms with van der Waals surface area (Å²) in [5.41, 5.74) is 1.25. The molecule has 6 heteroatoms. The number of alkyl carbamates (subject to hydrolysis) is 1. The van der Waals surface area contributed by atoms with Gasteiger partial charge in [0, 0.05) is 30.1 Å². The number of hydrogen-bond acceptors (Lipinski definition) is 3. The van der Waals surface area contributed by atoms with E-state index in [-0.39, 0.29) is 5.92 Å². The van der Waals surface area contributed by atoms with E-state index >= 15 is 0 Å². The zero-order valence-corrected chi connectivity index (χ0v) is 15.4. The first-order chi connectivity index (χ1) is 11.6. The van der Waals surface area contributed by atoms with Crippen LogP contribution < -0.4 is 5.32 Å². The lowest BCUT2D eigenvalue weighted by molar-refractivity contribution is -0.140. The van der Waals surface area contributed by atoms with Gasteiger partial charge >= 0.3 is 12.1 Å². The number of carboxylic acid groups (broad SMARTS) is 1. The largest absolute Gasteiger partial charge is 0.480 e. The smallest absolute Gasteiger partial charge is 0.408 e. The molecule has 1 aromatic carbocycles. The number of fused-ring (bicyclic) bond motifs is 1. The molecule has 0 saturated heterocycles. The van der Waals surface area contributed by atoms with Crippen LogP contribution in [0.15, 0.2) is 30.5 Å². The highest BCUT2D eigenvalue weighted by atomic mass is 16.6. The van der Waals surface area contributed by atoms with Gasteiger partial charge in [-0.05, 0) is 38.8 Å². The van der Waals surface area contributed by atoms with Gasteiger partial charge in [-0.15, -0.1) is 0 Å². The third kappa shape index (κ3) is 4.32. The normalized spacial score (nSPS) is 14.1. The summed E-state index contributed by atoms with van der Waals surface area (Å²) >= 11 is 0. The van der Waals surface area contributed by atoms with Crippen molar-refractivity contribution in [3.63, 3.8) is 0 Å². The molecule has 0 aliphatic carbocycles. The van der Waals surface area contributed by atoms with Crippen molar-refractivity contribution in [2.24, 2.45) is 7.05 Å². The van der Waals surface area contributed by atoms with Crippen molar-refractivity contribution in [3.8, 4) is 0 Å². The number of ether oxygens (including phenoxy) is 1. The zero-order valence-electron chi connectivity index (χ0n) is 15.4. The molecular formula is C19H26N2O4. The van der Waals surface area contributed by atoms with E-state index in [1.807, 2.05) is 49.0 Å². The van der Waals surface area contributed by atoms with E-state index in [0.29, 0.717) is 6.42 Å². The Bertz CT molecular complexity index is 773. The number of carbonyl (C=O) groups excluding carboxylic acids is 1. The Morgan fingerprint density at radius 3 is 2.48 bits per heavy atom. The van der Waals surface area contributed by atoms with E-state index in [1.165, 1.54) is 0 Å². The van der Waals surface area contributed by atoms with Gasteiger partial charge in [0.05, 0.1) is 0 Å². The Hall–Kier alpha value is -2.50. The van der Waals surface area contributed by atoms with Crippen LogP contribution in [0.25, 0.3) is 10.9 Å². The minimum absolute atomic E-state index is 0.365. The number of amides is 1. The number of carbonyl (C=O) groups is 2. The van der Waals surface area contributed by atoms with Gasteiger partial charge in [-0.25, -0.2) is 9.59 Å². The number of para-hydroxylation sites is 1. The Morgan fingerprint density at radius 1 is 1.28 bits per heavy atom. The van der Waals surface area contributed by atoms with Crippen LogP contribution in [0, 0.1) is 0 Å². The third-order valence-corrected chi connectivity index (χ3v) is 4.11. The van der Waals surface area contributed by atoms with Crippen molar-refractivity contribution in [2.75, 3.05) is 0 Å². The Kier molecular flexibility index (Phi) is 5.40. The summed E-state index contributed by atoms with van der Waals surface area (Å²) in [6, 6.07) is 6.77. The highest BCUT2D eigenvalue weighted by Gasteiger charge is 2.33. The van der Waals surface area contributed by atoms with Crippen LogP contribution in [0.5, 0.6) is 0 Å². The van der Waals surface area contributed by atoms with Crippen LogP contribution in [0.3, 0.4) is 0 Å². The van der Waals surface area contributed by atoms with Gasteiger partial charge in [0.1, 0.15) is 11.6 Å². The Morgan fingerprint density at radius 2 is 1.92 bits per heavy atom. The molecule has 0 fully saturated rings. The number of benzene rings is 1. The lowest BCUT2D eigenvalue weighted by Gasteiger charge is -2.26. The summed E-state index contributed by atoms with van der Waals surface area (Å²) < 4.78 is 7.19. The zero-order chi connectivity index (χ0) is 18.8. The van der Waals surface area contributed by atoms with Crippen LogP contribution in [-0.4, -0.2) is 33.4 Å². The number of aryl methyl sites for hydroxylation is 1. The number of carboxylic acids is 1. The highest BCUT2D eigenvalue weighted by molar-refractivity contribution is 5.87. The highest BCUT2D eigenvalue weighted by Crippen LogP contribution is 2.32. The molecule has 0 aliphatic rings. The summed E-state index contributed by atoms with van der Waals surface area (Å²) in [5, 5.41) is 13.2. The monoisotopic (exact) mass is 346 g/mol. The van der Waals surface area contributed by atoms with Gasteiger partial charge in [-0.2, -0.15) is 0 Å². The van der Waals surface area contributed by atoms with Crippen molar-refractivity contribution in [1.82, 2.24) is 9.88 Å². The second kappa shape index (κ2) is 7.17. The molecule has 1 heterocycles. The first kappa shape index (κ1) is 18.8. The molecule has 0 unspecified atom stereocenters. The van der Waals surface area contributed by atoms with Gasteiger partial charge in [0.15, 0.2) is 0 Å². The number of rotatable bonds is 5. The molecular weight excluding hydrogens is 320 g/mol. The van der Waals surface area contributed by atoms with Crippen LogP contribution in [-0.2, 0) is 16.6 Å². The molecule has 2 N–H and O–H groups in total. The van der Waals surface area contributed by atoms with E-state index < -0.39 is 23.7 Å². The van der Waals surface area contributed by atoms with Crippen molar-refractivity contribution in [3.05, 3.63) is 36.0 Å². The Balaban J connectivity index is 2.37. The number of nitrogens with zero attached hydrogens (tertiary/aromatic N) is 1. The fourth-order valence-corrected chi connectivity index (χ4v) is 3.07. The van der Waals surface area contributed by atoms with E-state index in [4.69, 9.17) is 4.74 Å². The maximum absolute atomic E-state index is 12.1. The predicted molar refractivity (Wildman–Crippen MR) is 96.7 cm³/mol. The average molecular weight is 346 g/mol. The quantitative estimate of drug-likeness (QED) is 0.866. The minimum Gasteiger partial charge on any atom is -0.480 e. The van der Waals surface area contributed by atoms with Crippen LogP contribution in [0.2, 0.25) is 0 Å². The number of aromatic nitrogens is 1. The van der Waals surface area contributed by atoms with E-state index in [2.05, 4.69) is 5.32 Å². The van der Waals surface area contributed by atoms with Gasteiger partial charge in [-0.3, -0.25) is 0 Å². The molecule has 2 atom stereocenters.